The summed E-state index contributed by atoms with van der Waals surface area (Å²) in [6.07, 6.45) is 5.80. The lowest BCUT2D eigenvalue weighted by atomic mass is 9.84. The van der Waals surface area contributed by atoms with Crippen molar-refractivity contribution in [3.05, 3.63) is 40.4 Å². The molecule has 0 radical (unpaired) electrons. The van der Waals surface area contributed by atoms with E-state index in [0.717, 1.165) is 74.8 Å². The molecule has 2 heterocycles. The van der Waals surface area contributed by atoms with E-state index in [1.165, 1.54) is 16.9 Å². The predicted molar refractivity (Wildman–Crippen MR) is 124 cm³/mol. The van der Waals surface area contributed by atoms with Crippen LogP contribution >= 0.6 is 11.3 Å². The Hall–Kier alpha value is -2.41. The van der Waals surface area contributed by atoms with Crippen molar-refractivity contribution in [1.82, 2.24) is 9.88 Å². The molecule has 1 saturated carbocycles. The number of aryl methyl sites for hydroxylation is 2. The SMILES string of the molecule is Cc1ccc(NC(=O)[C@H]2CCc3nc(N4CCN(C(=O)C5CCC5)CC4)sc3C2)cc1. The number of amides is 2. The van der Waals surface area contributed by atoms with Crippen molar-refractivity contribution in [3.8, 4) is 0 Å². The summed E-state index contributed by atoms with van der Waals surface area (Å²) in [4.78, 5) is 35.8. The summed E-state index contributed by atoms with van der Waals surface area (Å²) in [5.74, 6) is 0.736. The van der Waals surface area contributed by atoms with E-state index in [0.29, 0.717) is 5.91 Å². The molecule has 0 unspecified atom stereocenters. The number of fused-ring (bicyclic) bond motifs is 1. The lowest BCUT2D eigenvalue weighted by Gasteiger charge is -2.38. The molecular formula is C24H30N4O2S. The first-order valence-electron chi connectivity index (χ1n) is 11.5. The van der Waals surface area contributed by atoms with Crippen molar-refractivity contribution in [3.63, 3.8) is 0 Å². The minimum Gasteiger partial charge on any atom is -0.345 e. The van der Waals surface area contributed by atoms with Crippen LogP contribution in [-0.4, -0.2) is 47.9 Å². The Bertz CT molecular complexity index is 958. The molecule has 1 aromatic heterocycles. The van der Waals surface area contributed by atoms with E-state index in [-0.39, 0.29) is 17.7 Å². The van der Waals surface area contributed by atoms with Gasteiger partial charge in [-0.25, -0.2) is 4.98 Å². The highest BCUT2D eigenvalue weighted by atomic mass is 32.1. The van der Waals surface area contributed by atoms with Crippen LogP contribution in [0.25, 0.3) is 0 Å². The van der Waals surface area contributed by atoms with Crippen LogP contribution in [-0.2, 0) is 22.4 Å². The van der Waals surface area contributed by atoms with Gasteiger partial charge in [-0.1, -0.05) is 24.1 Å². The van der Waals surface area contributed by atoms with Crippen molar-refractivity contribution < 1.29 is 9.59 Å². The summed E-state index contributed by atoms with van der Waals surface area (Å²) >= 11 is 1.73. The standard InChI is InChI=1S/C24H30N4O2S/c1-16-5-8-19(9-6-16)25-22(29)18-7-10-20-21(15-18)31-24(26-20)28-13-11-27(12-14-28)23(30)17-3-2-4-17/h5-6,8-9,17-18H,2-4,7,10-15H2,1H3,(H,25,29)/t18-/m0/s1. The molecule has 1 aromatic carbocycles. The number of carbonyl (C=O) groups excluding carboxylic acids is 2. The third-order valence-electron chi connectivity index (χ3n) is 6.93. The lowest BCUT2D eigenvalue weighted by molar-refractivity contribution is -0.138. The zero-order valence-corrected chi connectivity index (χ0v) is 18.9. The van der Waals surface area contributed by atoms with Gasteiger partial charge in [-0.15, -0.1) is 11.3 Å². The number of carbonyl (C=O) groups is 2. The van der Waals surface area contributed by atoms with Gasteiger partial charge in [-0.2, -0.15) is 0 Å². The summed E-state index contributed by atoms with van der Waals surface area (Å²) in [5, 5.41) is 4.13. The molecule has 164 valence electrons. The van der Waals surface area contributed by atoms with Crippen LogP contribution in [0.5, 0.6) is 0 Å². The van der Waals surface area contributed by atoms with E-state index in [1.807, 2.05) is 36.1 Å². The molecule has 5 rings (SSSR count). The summed E-state index contributed by atoms with van der Waals surface area (Å²) in [6.45, 7) is 5.33. The summed E-state index contributed by atoms with van der Waals surface area (Å²) in [6, 6.07) is 7.95. The van der Waals surface area contributed by atoms with Gasteiger partial charge in [0, 0.05) is 48.6 Å². The minimum absolute atomic E-state index is 0.000881. The normalized spacial score (nSPS) is 21.4. The average Bonchev–Trinajstić information content (AvgIpc) is 3.17. The molecule has 31 heavy (non-hydrogen) atoms. The minimum atomic E-state index is -0.000881. The largest absolute Gasteiger partial charge is 0.345 e. The Morgan fingerprint density at radius 2 is 1.77 bits per heavy atom. The van der Waals surface area contributed by atoms with Crippen molar-refractivity contribution in [1.29, 1.82) is 0 Å². The number of hydrogen-bond acceptors (Lipinski definition) is 5. The van der Waals surface area contributed by atoms with Crippen LogP contribution in [0.2, 0.25) is 0 Å². The molecule has 1 N–H and O–H groups in total. The van der Waals surface area contributed by atoms with Crippen LogP contribution < -0.4 is 10.2 Å². The molecule has 2 aromatic rings. The third-order valence-corrected chi connectivity index (χ3v) is 8.12. The molecule has 0 spiro atoms. The molecule has 1 saturated heterocycles. The lowest BCUT2D eigenvalue weighted by Crippen LogP contribution is -2.51. The predicted octanol–water partition coefficient (Wildman–Crippen LogP) is 3.64. The Morgan fingerprint density at radius 1 is 1.03 bits per heavy atom. The molecule has 0 bridgehead atoms. The van der Waals surface area contributed by atoms with Gasteiger partial charge in [-0.05, 0) is 51.2 Å². The Morgan fingerprint density at radius 3 is 2.45 bits per heavy atom. The number of hydrogen-bond donors (Lipinski definition) is 1. The van der Waals surface area contributed by atoms with E-state index in [4.69, 9.17) is 4.98 Å². The van der Waals surface area contributed by atoms with Gasteiger partial charge in [0.25, 0.3) is 0 Å². The second kappa shape index (κ2) is 8.61. The third kappa shape index (κ3) is 4.33. The van der Waals surface area contributed by atoms with E-state index in [2.05, 4.69) is 10.2 Å². The number of anilines is 2. The zero-order valence-electron chi connectivity index (χ0n) is 18.1. The molecule has 1 atom stereocenters. The van der Waals surface area contributed by atoms with E-state index in [9.17, 15) is 9.59 Å². The van der Waals surface area contributed by atoms with Gasteiger partial charge in [-0.3, -0.25) is 9.59 Å². The molecule has 2 fully saturated rings. The quantitative estimate of drug-likeness (QED) is 0.792. The zero-order chi connectivity index (χ0) is 21.4. The van der Waals surface area contributed by atoms with E-state index < -0.39 is 0 Å². The second-order valence-corrected chi connectivity index (χ2v) is 10.2. The van der Waals surface area contributed by atoms with Gasteiger partial charge in [0.05, 0.1) is 5.69 Å². The van der Waals surface area contributed by atoms with Gasteiger partial charge < -0.3 is 15.1 Å². The van der Waals surface area contributed by atoms with Crippen molar-refractivity contribution in [2.24, 2.45) is 11.8 Å². The molecule has 7 heteroatoms. The maximum atomic E-state index is 12.8. The van der Waals surface area contributed by atoms with Gasteiger partial charge in [0.2, 0.25) is 11.8 Å². The highest BCUT2D eigenvalue weighted by Gasteiger charge is 2.33. The van der Waals surface area contributed by atoms with Crippen molar-refractivity contribution in [2.75, 3.05) is 36.4 Å². The van der Waals surface area contributed by atoms with Crippen molar-refractivity contribution >= 4 is 34.0 Å². The molecule has 3 aliphatic rings. The molecular weight excluding hydrogens is 408 g/mol. The smallest absolute Gasteiger partial charge is 0.227 e. The number of aromatic nitrogens is 1. The fourth-order valence-corrected chi connectivity index (χ4v) is 5.87. The molecule has 1 aliphatic heterocycles. The first kappa shape index (κ1) is 20.5. The van der Waals surface area contributed by atoms with Crippen molar-refractivity contribution in [2.45, 2.75) is 45.4 Å². The molecule has 2 amide bonds. The first-order chi connectivity index (χ1) is 15.1. The molecule has 6 nitrogen and oxygen atoms in total. The molecule has 2 aliphatic carbocycles. The van der Waals surface area contributed by atoms with Gasteiger partial charge in [0.15, 0.2) is 5.13 Å². The van der Waals surface area contributed by atoms with Crippen LogP contribution in [0, 0.1) is 18.8 Å². The van der Waals surface area contributed by atoms with Crippen LogP contribution in [0.3, 0.4) is 0 Å². The fraction of sp³-hybridized carbons (Fsp3) is 0.542. The number of benzene rings is 1. The summed E-state index contributed by atoms with van der Waals surface area (Å²) < 4.78 is 0. The van der Waals surface area contributed by atoms with E-state index in [1.54, 1.807) is 11.3 Å². The Labute approximate surface area is 187 Å². The van der Waals surface area contributed by atoms with Gasteiger partial charge in [0.1, 0.15) is 0 Å². The van der Waals surface area contributed by atoms with Crippen LogP contribution in [0.15, 0.2) is 24.3 Å². The number of nitrogens with one attached hydrogen (secondary N) is 1. The highest BCUT2D eigenvalue weighted by Crippen LogP contribution is 2.35. The first-order valence-corrected chi connectivity index (χ1v) is 12.3. The summed E-state index contributed by atoms with van der Waals surface area (Å²) in [5.41, 5.74) is 3.21. The maximum Gasteiger partial charge on any atom is 0.227 e. The maximum absolute atomic E-state index is 12.8. The number of rotatable bonds is 4. The highest BCUT2D eigenvalue weighted by molar-refractivity contribution is 7.15. The van der Waals surface area contributed by atoms with Crippen LogP contribution in [0.1, 0.15) is 41.8 Å². The number of nitrogens with zero attached hydrogens (tertiary/aromatic N) is 3. The summed E-state index contributed by atoms with van der Waals surface area (Å²) in [7, 11) is 0. The van der Waals surface area contributed by atoms with E-state index >= 15 is 0 Å². The number of piperazine rings is 1. The monoisotopic (exact) mass is 438 g/mol. The topological polar surface area (TPSA) is 65.5 Å². The number of thiazole rings is 1. The van der Waals surface area contributed by atoms with Gasteiger partial charge >= 0.3 is 0 Å². The Kier molecular flexibility index (Phi) is 5.69. The average molecular weight is 439 g/mol. The second-order valence-electron chi connectivity index (χ2n) is 9.10. The fourth-order valence-electron chi connectivity index (χ4n) is 4.63. The Balaban J connectivity index is 1.18. The van der Waals surface area contributed by atoms with Crippen LogP contribution in [0.4, 0.5) is 10.8 Å².